The monoisotopic (exact) mass is 320 g/mol. The van der Waals surface area contributed by atoms with Crippen molar-refractivity contribution in [2.45, 2.75) is 6.54 Å². The van der Waals surface area contributed by atoms with Gasteiger partial charge in [-0.1, -0.05) is 12.1 Å². The fraction of sp³-hybridized carbons (Fsp3) is 0.300. The highest BCUT2D eigenvalue weighted by molar-refractivity contribution is 14.1. The number of fused-ring (bicyclic) bond motifs is 1. The van der Waals surface area contributed by atoms with E-state index < -0.39 is 0 Å². The summed E-state index contributed by atoms with van der Waals surface area (Å²) in [6, 6.07) is 4.89. The van der Waals surface area contributed by atoms with Gasteiger partial charge in [-0.3, -0.25) is 9.69 Å². The van der Waals surface area contributed by atoms with Crippen molar-refractivity contribution in [3.8, 4) is 0 Å². The zero-order valence-electron chi connectivity index (χ0n) is 8.20. The fourth-order valence-corrected chi connectivity index (χ4v) is 2.36. The van der Waals surface area contributed by atoms with Gasteiger partial charge in [-0.2, -0.15) is 0 Å². The normalized spacial score (nSPS) is 17.5. The Morgan fingerprint density at radius 2 is 2.13 bits per heavy atom. The van der Waals surface area contributed by atoms with E-state index in [-0.39, 0.29) is 11.7 Å². The summed E-state index contributed by atoms with van der Waals surface area (Å²) in [5.74, 6) is -0.438. The van der Waals surface area contributed by atoms with Gasteiger partial charge in [-0.05, 0) is 18.7 Å². The van der Waals surface area contributed by atoms with Crippen LogP contribution in [-0.2, 0) is 11.3 Å². The van der Waals surface area contributed by atoms with Crippen LogP contribution in [0.5, 0.6) is 0 Å². The highest BCUT2D eigenvalue weighted by Crippen LogP contribution is 2.30. The van der Waals surface area contributed by atoms with Crippen LogP contribution in [0.1, 0.15) is 5.56 Å². The van der Waals surface area contributed by atoms with Gasteiger partial charge >= 0.3 is 0 Å². The van der Waals surface area contributed by atoms with Crippen molar-refractivity contribution in [3.05, 3.63) is 29.6 Å². The molecule has 2 rings (SSSR count). The van der Waals surface area contributed by atoms with Gasteiger partial charge in [0.25, 0.3) is 0 Å². The van der Waals surface area contributed by atoms with Gasteiger partial charge in [-0.25, -0.2) is 7.50 Å². The topological polar surface area (TPSA) is 23.6 Å². The lowest BCUT2D eigenvalue weighted by Gasteiger charge is -2.14. The van der Waals surface area contributed by atoms with Crippen molar-refractivity contribution in [2.75, 3.05) is 16.7 Å². The van der Waals surface area contributed by atoms with Crippen molar-refractivity contribution in [3.63, 3.8) is 0 Å². The Morgan fingerprint density at radius 1 is 1.40 bits per heavy atom. The number of hydrogen-bond acceptors (Lipinski definition) is 2. The van der Waals surface area contributed by atoms with E-state index in [4.69, 9.17) is 0 Å². The fourth-order valence-electron chi connectivity index (χ4n) is 1.67. The van der Waals surface area contributed by atoms with Crippen LogP contribution in [-0.4, -0.2) is 24.4 Å². The first-order chi connectivity index (χ1) is 7.09. The van der Waals surface area contributed by atoms with Crippen molar-refractivity contribution in [1.82, 2.24) is 4.90 Å². The molecule has 15 heavy (non-hydrogen) atoms. The average molecular weight is 320 g/mol. The maximum atomic E-state index is 13.6. The molecule has 0 saturated heterocycles. The molecule has 1 aromatic rings. The molecular formula is C10H10FIN2O. The molecule has 5 heteroatoms. The Labute approximate surface area is 101 Å². The van der Waals surface area contributed by atoms with Gasteiger partial charge in [0, 0.05) is 6.54 Å². The zero-order chi connectivity index (χ0) is 11.0. The van der Waals surface area contributed by atoms with Crippen LogP contribution >= 0.6 is 22.9 Å². The first-order valence-corrected chi connectivity index (χ1v) is 5.51. The molecule has 1 amide bonds. The third kappa shape index (κ3) is 1.98. The van der Waals surface area contributed by atoms with E-state index in [0.29, 0.717) is 18.8 Å². The van der Waals surface area contributed by atoms with E-state index in [1.54, 1.807) is 6.07 Å². The number of hydrogen-bond donors (Lipinski definition) is 0. The summed E-state index contributed by atoms with van der Waals surface area (Å²) in [5.41, 5.74) is 1.24. The zero-order valence-corrected chi connectivity index (χ0v) is 10.4. The third-order valence-corrected chi connectivity index (χ3v) is 3.35. The summed E-state index contributed by atoms with van der Waals surface area (Å²) in [4.78, 5) is 13.5. The Bertz CT molecular complexity index is 410. The van der Waals surface area contributed by atoms with E-state index in [9.17, 15) is 9.18 Å². The van der Waals surface area contributed by atoms with Crippen LogP contribution < -0.4 is 3.11 Å². The Hall–Kier alpha value is -0.690. The van der Waals surface area contributed by atoms with E-state index >= 15 is 0 Å². The van der Waals surface area contributed by atoms with E-state index in [1.807, 2.05) is 40.9 Å². The van der Waals surface area contributed by atoms with Gasteiger partial charge in [0.1, 0.15) is 5.82 Å². The summed E-state index contributed by atoms with van der Waals surface area (Å²) in [6.07, 6.45) is 0. The number of halogens is 2. The Morgan fingerprint density at radius 3 is 2.87 bits per heavy atom. The average Bonchev–Trinajstić information content (AvgIpc) is 2.26. The second-order valence-electron chi connectivity index (χ2n) is 3.59. The Kier molecular flexibility index (Phi) is 2.92. The molecule has 0 fully saturated rings. The molecular weight excluding hydrogens is 310 g/mol. The van der Waals surface area contributed by atoms with E-state index in [0.717, 1.165) is 5.56 Å². The highest BCUT2D eigenvalue weighted by Gasteiger charge is 2.25. The highest BCUT2D eigenvalue weighted by atomic mass is 127. The Balaban J connectivity index is 2.55. The predicted octanol–water partition coefficient (Wildman–Crippen LogP) is 1.95. The smallest absolute Gasteiger partial charge is 0.250 e. The summed E-state index contributed by atoms with van der Waals surface area (Å²) >= 11 is 1.85. The first-order valence-electron chi connectivity index (χ1n) is 4.54. The van der Waals surface area contributed by atoms with Gasteiger partial charge < -0.3 is 0 Å². The minimum atomic E-state index is -0.342. The molecule has 0 spiro atoms. The van der Waals surface area contributed by atoms with Gasteiger partial charge in [0.15, 0.2) is 0 Å². The van der Waals surface area contributed by atoms with E-state index in [2.05, 4.69) is 0 Å². The second kappa shape index (κ2) is 4.05. The molecule has 0 bridgehead atoms. The van der Waals surface area contributed by atoms with Crippen molar-refractivity contribution in [2.24, 2.45) is 0 Å². The second-order valence-corrected chi connectivity index (χ2v) is 4.56. The van der Waals surface area contributed by atoms with Crippen LogP contribution in [0.4, 0.5) is 10.1 Å². The van der Waals surface area contributed by atoms with Crippen LogP contribution in [0.3, 0.4) is 0 Å². The largest absolute Gasteiger partial charge is 0.293 e. The van der Waals surface area contributed by atoms with Gasteiger partial charge in [0.05, 0.1) is 35.1 Å². The van der Waals surface area contributed by atoms with E-state index in [1.165, 1.54) is 9.18 Å². The summed E-state index contributed by atoms with van der Waals surface area (Å²) in [5, 5.41) is 0. The number of likely N-dealkylation sites (N-methyl/N-ethyl adjacent to an activating group) is 1. The molecule has 80 valence electrons. The minimum Gasteiger partial charge on any atom is -0.293 e. The van der Waals surface area contributed by atoms with Crippen LogP contribution in [0.25, 0.3) is 0 Å². The van der Waals surface area contributed by atoms with Crippen molar-refractivity contribution < 1.29 is 9.18 Å². The molecule has 0 N–H and O–H groups in total. The molecule has 0 atom stereocenters. The third-order valence-electron chi connectivity index (χ3n) is 2.33. The summed E-state index contributed by atoms with van der Waals surface area (Å²) < 4.78 is 15.0. The molecule has 0 aliphatic carbocycles. The molecule has 0 saturated carbocycles. The number of carbonyl (C=O) groups is 1. The maximum absolute atomic E-state index is 13.6. The van der Waals surface area contributed by atoms with Crippen LogP contribution in [0.2, 0.25) is 0 Å². The standard InChI is InChI=1S/C10H10FIN2O/c1-13-5-7-3-2-4-8(11)10(7)14(12)9(15)6-13/h2-4H,5-6H2,1H3. The number of para-hydroxylation sites is 1. The number of nitrogens with zero attached hydrogens (tertiary/aromatic N) is 2. The molecule has 3 nitrogen and oxygen atoms in total. The number of amides is 1. The first kappa shape index (κ1) is 10.8. The SMILES string of the molecule is CN1CC(=O)N(I)c2c(F)cccc2C1. The molecule has 0 radical (unpaired) electrons. The minimum absolute atomic E-state index is 0.0954. The summed E-state index contributed by atoms with van der Waals surface area (Å²) in [7, 11) is 1.85. The number of anilines is 1. The molecule has 1 aromatic carbocycles. The number of benzene rings is 1. The molecule has 1 aliphatic rings. The maximum Gasteiger partial charge on any atom is 0.250 e. The molecule has 0 unspecified atom stereocenters. The lowest BCUT2D eigenvalue weighted by molar-refractivity contribution is -0.117. The number of rotatable bonds is 0. The van der Waals surface area contributed by atoms with Gasteiger partial charge in [0.2, 0.25) is 5.91 Å². The van der Waals surface area contributed by atoms with Crippen LogP contribution in [0.15, 0.2) is 18.2 Å². The van der Waals surface area contributed by atoms with Crippen LogP contribution in [0, 0.1) is 5.82 Å². The van der Waals surface area contributed by atoms with Gasteiger partial charge in [-0.15, -0.1) is 0 Å². The van der Waals surface area contributed by atoms with Crippen molar-refractivity contribution >= 4 is 34.5 Å². The lowest BCUT2D eigenvalue weighted by atomic mass is 10.1. The summed E-state index contributed by atoms with van der Waals surface area (Å²) in [6.45, 7) is 0.912. The number of carbonyl (C=O) groups excluding carboxylic acids is 1. The molecule has 1 aliphatic heterocycles. The lowest BCUT2D eigenvalue weighted by Crippen LogP contribution is -2.29. The van der Waals surface area contributed by atoms with Crippen molar-refractivity contribution in [1.29, 1.82) is 0 Å². The molecule has 0 aromatic heterocycles. The molecule has 1 heterocycles. The predicted molar refractivity (Wildman–Crippen MR) is 64.2 cm³/mol. The quantitative estimate of drug-likeness (QED) is 0.539.